The van der Waals surface area contributed by atoms with Crippen molar-refractivity contribution in [1.82, 2.24) is 4.90 Å². The Bertz CT molecular complexity index is 2170. The Morgan fingerprint density at radius 3 is 1.73 bits per heavy atom. The van der Waals surface area contributed by atoms with Crippen molar-refractivity contribution in [1.29, 1.82) is 0 Å². The fourth-order valence-electron chi connectivity index (χ4n) is 8.09. The lowest BCUT2D eigenvalue weighted by molar-refractivity contribution is -0.321. The molecule has 3 aliphatic rings. The molecule has 4 aromatic carbocycles. The number of nitrogens with zero attached hydrogens (tertiary/aromatic N) is 1. The van der Waals surface area contributed by atoms with E-state index in [1.807, 2.05) is 123 Å². The number of alkyl halides is 1. The first-order chi connectivity index (χ1) is 31.0. The molecule has 0 saturated carbocycles. The highest BCUT2D eigenvalue weighted by Gasteiger charge is 2.61. The normalized spacial score (nSPS) is 26.4. The molecule has 7 rings (SSSR count). The lowest BCUT2D eigenvalue weighted by Crippen LogP contribution is -2.66. The number of esters is 3. The van der Waals surface area contributed by atoms with Crippen molar-refractivity contribution in [3.63, 3.8) is 0 Å². The minimum absolute atomic E-state index is 0.0676. The highest BCUT2D eigenvalue weighted by molar-refractivity contribution is 8.00. The molecule has 0 unspecified atom stereocenters. The molecule has 0 radical (unpaired) electrons. The van der Waals surface area contributed by atoms with Gasteiger partial charge >= 0.3 is 24.0 Å². The topological polar surface area (TPSA) is 155 Å². The van der Waals surface area contributed by atoms with Crippen molar-refractivity contribution in [2.45, 2.75) is 113 Å². The van der Waals surface area contributed by atoms with Crippen LogP contribution in [0, 0.1) is 13.8 Å². The minimum Gasteiger partial charge on any atom is -0.456 e. The van der Waals surface area contributed by atoms with E-state index >= 15 is 0 Å². The maximum Gasteiger partial charge on any atom is 0.411 e. The van der Waals surface area contributed by atoms with Gasteiger partial charge in [0.2, 0.25) is 0 Å². The van der Waals surface area contributed by atoms with Crippen LogP contribution in [0.1, 0.15) is 41.7 Å². The monoisotopic (exact) mass is 917 g/mol. The fraction of sp³-hybridized carbons (Fsp3) is 0.417. The molecular weight excluding hydrogens is 866 g/mol. The first-order valence-electron chi connectivity index (χ1n) is 21.0. The van der Waals surface area contributed by atoms with E-state index in [9.17, 15) is 19.2 Å². The van der Waals surface area contributed by atoms with Crippen molar-refractivity contribution in [2.24, 2.45) is 0 Å². The van der Waals surface area contributed by atoms with Gasteiger partial charge in [0.1, 0.15) is 35.7 Å². The molecular formula is C48H52ClNO13S. The van der Waals surface area contributed by atoms with Crippen molar-refractivity contribution in [3.05, 3.63) is 137 Å². The second-order valence-corrected chi connectivity index (χ2v) is 17.1. The third kappa shape index (κ3) is 11.8. The molecule has 0 aromatic heterocycles. The van der Waals surface area contributed by atoms with Crippen LogP contribution in [0.3, 0.4) is 0 Å². The molecule has 3 heterocycles. The molecule has 16 heteroatoms. The number of carbonyl (C=O) groups excluding carboxylic acids is 4. The summed E-state index contributed by atoms with van der Waals surface area (Å²) in [6, 6.07) is 33.1. The van der Waals surface area contributed by atoms with Crippen LogP contribution in [0.2, 0.25) is 0 Å². The van der Waals surface area contributed by atoms with Crippen LogP contribution in [0.15, 0.2) is 114 Å². The fourth-order valence-corrected chi connectivity index (χ4v) is 9.43. The molecule has 14 nitrogen and oxygen atoms in total. The van der Waals surface area contributed by atoms with E-state index in [-0.39, 0.29) is 33.0 Å². The summed E-state index contributed by atoms with van der Waals surface area (Å²) >= 11 is 7.29. The van der Waals surface area contributed by atoms with Crippen molar-refractivity contribution in [3.8, 4) is 0 Å². The number of ether oxygens (including phenoxy) is 9. The van der Waals surface area contributed by atoms with E-state index in [0.29, 0.717) is 0 Å². The van der Waals surface area contributed by atoms with Crippen LogP contribution in [0.25, 0.3) is 0 Å². The smallest absolute Gasteiger partial charge is 0.411 e. The first kappa shape index (κ1) is 47.0. The maximum atomic E-state index is 14.0. The summed E-state index contributed by atoms with van der Waals surface area (Å²) in [6.07, 6.45) is -10.2. The van der Waals surface area contributed by atoms with E-state index in [1.165, 1.54) is 30.5 Å². The Labute approximate surface area is 381 Å². The van der Waals surface area contributed by atoms with E-state index < -0.39 is 90.4 Å². The summed E-state index contributed by atoms with van der Waals surface area (Å²) < 4.78 is 57.2. The Morgan fingerprint density at radius 1 is 0.656 bits per heavy atom. The van der Waals surface area contributed by atoms with Crippen LogP contribution in [0.4, 0.5) is 4.79 Å². The SMILES string of the molecule is CC(=O)O[C@H]1[C@@H](O[C@H]2O[C@H](COCc3ccccc3)[C@@H](OC(=O)CCl)[C@@H]3OC(=O)N(Cc4ccccc4)[C@@H]23)[C@@H](COCc2ccccc2)O[C@@H](Sc2c(C)cccc2C)[C@@H]1OC(C)=O. The van der Waals surface area contributed by atoms with Gasteiger partial charge in [-0.2, -0.15) is 0 Å². The van der Waals surface area contributed by atoms with E-state index in [1.54, 1.807) is 0 Å². The zero-order valence-electron chi connectivity index (χ0n) is 35.9. The summed E-state index contributed by atoms with van der Waals surface area (Å²) in [5.74, 6) is -2.56. The molecule has 0 spiro atoms. The number of rotatable bonds is 18. The average Bonchev–Trinajstić information content (AvgIpc) is 3.61. The van der Waals surface area contributed by atoms with Crippen LogP contribution in [-0.4, -0.2) is 108 Å². The van der Waals surface area contributed by atoms with Crippen LogP contribution in [-0.2, 0) is 76.8 Å². The number of thioether (sulfide) groups is 1. The third-order valence-corrected chi connectivity index (χ3v) is 12.6. The molecule has 3 fully saturated rings. The molecule has 0 N–H and O–H groups in total. The number of benzene rings is 4. The van der Waals surface area contributed by atoms with Crippen molar-refractivity contribution >= 4 is 47.4 Å². The van der Waals surface area contributed by atoms with E-state index in [4.69, 9.17) is 54.2 Å². The molecule has 3 aliphatic heterocycles. The minimum atomic E-state index is -1.36. The number of fused-ring (bicyclic) bond motifs is 1. The Balaban J connectivity index is 1.28. The molecule has 0 bridgehead atoms. The summed E-state index contributed by atoms with van der Waals surface area (Å²) in [7, 11) is 0. The second kappa shape index (κ2) is 22.3. The quantitative estimate of drug-likeness (QED) is 0.0568. The second-order valence-electron chi connectivity index (χ2n) is 15.7. The first-order valence-corrected chi connectivity index (χ1v) is 22.4. The molecule has 0 aliphatic carbocycles. The Morgan fingerprint density at radius 2 is 1.19 bits per heavy atom. The summed E-state index contributed by atoms with van der Waals surface area (Å²) in [5, 5.41) is 0. The number of amides is 1. The molecule has 64 heavy (non-hydrogen) atoms. The van der Waals surface area contributed by atoms with Gasteiger partial charge in [-0.25, -0.2) is 4.79 Å². The zero-order chi connectivity index (χ0) is 45.2. The standard InChI is InChI=1S/C48H52ClNO13S/c1-29-15-14-16-30(2)45(29)64-47-44(58-32(4)52)43(57-31(3)51)41(37(60-47)28-56-26-35-21-12-7-13-22-35)62-46-39-42(63-48(54)50(39)24-33-17-8-5-9-18-33)40(61-38(53)23-49)36(59-46)27-55-25-34-19-10-6-11-20-34/h5-22,36-37,39-44,46-47H,23-28H2,1-4H3/t36-,37-,39-,40-,41+,42-,43+,44-,46-,47+/m1/s1. The maximum absolute atomic E-state index is 14.0. The Kier molecular flexibility index (Phi) is 16.3. The van der Waals surface area contributed by atoms with E-state index in [0.717, 1.165) is 32.7 Å². The predicted molar refractivity (Wildman–Crippen MR) is 234 cm³/mol. The molecule has 340 valence electrons. The van der Waals surface area contributed by atoms with Gasteiger partial charge in [0.15, 0.2) is 30.7 Å². The zero-order valence-corrected chi connectivity index (χ0v) is 37.5. The van der Waals surface area contributed by atoms with Crippen LogP contribution < -0.4 is 0 Å². The van der Waals surface area contributed by atoms with Gasteiger partial charge in [-0.05, 0) is 41.7 Å². The molecule has 3 saturated heterocycles. The highest BCUT2D eigenvalue weighted by atomic mass is 35.5. The van der Waals surface area contributed by atoms with Crippen LogP contribution in [0.5, 0.6) is 0 Å². The lowest BCUT2D eigenvalue weighted by Gasteiger charge is -2.48. The van der Waals surface area contributed by atoms with Gasteiger partial charge < -0.3 is 42.6 Å². The van der Waals surface area contributed by atoms with Crippen molar-refractivity contribution in [2.75, 3.05) is 19.1 Å². The number of carbonyl (C=O) groups is 4. The highest BCUT2D eigenvalue weighted by Crippen LogP contribution is 2.43. The lowest BCUT2D eigenvalue weighted by atomic mass is 9.94. The largest absolute Gasteiger partial charge is 0.456 e. The number of hydrogen-bond acceptors (Lipinski definition) is 14. The molecule has 10 atom stereocenters. The number of hydrogen-bond donors (Lipinski definition) is 0. The summed E-state index contributed by atoms with van der Waals surface area (Å²) in [4.78, 5) is 55.3. The van der Waals surface area contributed by atoms with Crippen molar-refractivity contribution < 1.29 is 61.8 Å². The average molecular weight is 918 g/mol. The predicted octanol–water partition coefficient (Wildman–Crippen LogP) is 7.07. The molecule has 1 amide bonds. The van der Waals surface area contributed by atoms with Gasteiger partial charge in [-0.15, -0.1) is 11.6 Å². The van der Waals surface area contributed by atoms with Gasteiger partial charge in [-0.3, -0.25) is 19.3 Å². The van der Waals surface area contributed by atoms with Gasteiger partial charge in [0, 0.05) is 25.3 Å². The third-order valence-electron chi connectivity index (χ3n) is 10.9. The number of halogens is 1. The molecule has 4 aromatic rings. The summed E-state index contributed by atoms with van der Waals surface area (Å²) in [6.45, 7) is 6.71. The number of aryl methyl sites for hydroxylation is 2. The van der Waals surface area contributed by atoms with Gasteiger partial charge in [0.05, 0.1) is 26.4 Å². The summed E-state index contributed by atoms with van der Waals surface area (Å²) in [5.41, 5.74) is 3.57. The van der Waals surface area contributed by atoms with Crippen LogP contribution >= 0.6 is 23.4 Å². The van der Waals surface area contributed by atoms with Gasteiger partial charge in [0.25, 0.3) is 0 Å². The van der Waals surface area contributed by atoms with Gasteiger partial charge in [-0.1, -0.05) is 121 Å². The van der Waals surface area contributed by atoms with E-state index in [2.05, 4.69) is 0 Å². The Hall–Kier alpha value is -5.00.